The van der Waals surface area contributed by atoms with Gasteiger partial charge in [0.25, 0.3) is 0 Å². The van der Waals surface area contributed by atoms with Crippen LogP contribution in [0.15, 0.2) is 11.0 Å². The van der Waals surface area contributed by atoms with Crippen molar-refractivity contribution in [2.24, 2.45) is 0 Å². The summed E-state index contributed by atoms with van der Waals surface area (Å²) in [5.41, 5.74) is 0. The van der Waals surface area contributed by atoms with E-state index in [1.54, 1.807) is 13.1 Å². The zero-order chi connectivity index (χ0) is 13.1. The summed E-state index contributed by atoms with van der Waals surface area (Å²) in [5, 5.41) is 3.01. The Morgan fingerprint density at radius 3 is 2.53 bits per heavy atom. The van der Waals surface area contributed by atoms with E-state index in [-0.39, 0.29) is 0 Å². The lowest BCUT2D eigenvalue weighted by molar-refractivity contribution is 0.458. The van der Waals surface area contributed by atoms with Gasteiger partial charge in [-0.05, 0) is 39.9 Å². The highest BCUT2D eigenvalue weighted by atomic mass is 32.2. The predicted molar refractivity (Wildman–Crippen MR) is 72.2 cm³/mol. The number of hydrogen-bond acceptors (Lipinski definition) is 4. The standard InChI is InChI=1S/C11H20N2O2S2/c1-9-8-11(10(2)16-9)17(14,15)13(4)7-5-6-12-3/h8,12H,5-7H2,1-4H3. The smallest absolute Gasteiger partial charge is 0.243 e. The van der Waals surface area contributed by atoms with E-state index in [2.05, 4.69) is 5.32 Å². The Morgan fingerprint density at radius 1 is 1.41 bits per heavy atom. The van der Waals surface area contributed by atoms with E-state index in [1.807, 2.05) is 20.9 Å². The molecule has 0 aromatic carbocycles. The zero-order valence-electron chi connectivity index (χ0n) is 10.8. The Morgan fingerprint density at radius 2 is 2.06 bits per heavy atom. The van der Waals surface area contributed by atoms with Gasteiger partial charge in [-0.1, -0.05) is 0 Å². The molecular weight excluding hydrogens is 256 g/mol. The quantitative estimate of drug-likeness (QED) is 0.803. The predicted octanol–water partition coefficient (Wildman–Crippen LogP) is 1.59. The Labute approximate surface area is 108 Å². The fourth-order valence-electron chi connectivity index (χ4n) is 1.63. The van der Waals surface area contributed by atoms with Gasteiger partial charge in [0, 0.05) is 23.3 Å². The molecule has 1 aromatic heterocycles. The molecule has 0 aliphatic heterocycles. The van der Waals surface area contributed by atoms with E-state index in [4.69, 9.17) is 0 Å². The molecule has 0 aliphatic rings. The second-order valence-electron chi connectivity index (χ2n) is 4.06. The van der Waals surface area contributed by atoms with E-state index in [0.29, 0.717) is 11.4 Å². The molecule has 98 valence electrons. The van der Waals surface area contributed by atoms with Gasteiger partial charge in [0.05, 0.1) is 4.90 Å². The van der Waals surface area contributed by atoms with Gasteiger partial charge in [-0.2, -0.15) is 0 Å². The molecule has 17 heavy (non-hydrogen) atoms. The number of aryl methyl sites for hydroxylation is 2. The molecule has 0 radical (unpaired) electrons. The zero-order valence-corrected chi connectivity index (χ0v) is 12.4. The summed E-state index contributed by atoms with van der Waals surface area (Å²) >= 11 is 1.52. The van der Waals surface area contributed by atoms with Crippen LogP contribution in [-0.2, 0) is 10.0 Å². The van der Waals surface area contributed by atoms with Gasteiger partial charge in [-0.15, -0.1) is 11.3 Å². The minimum atomic E-state index is -3.31. The number of sulfonamides is 1. The maximum Gasteiger partial charge on any atom is 0.243 e. The Kier molecular flexibility index (Phi) is 5.12. The Balaban J connectivity index is 2.84. The highest BCUT2D eigenvalue weighted by molar-refractivity contribution is 7.89. The maximum absolute atomic E-state index is 12.3. The van der Waals surface area contributed by atoms with Crippen molar-refractivity contribution in [3.05, 3.63) is 15.8 Å². The van der Waals surface area contributed by atoms with Gasteiger partial charge >= 0.3 is 0 Å². The van der Waals surface area contributed by atoms with Crippen LogP contribution in [0.5, 0.6) is 0 Å². The maximum atomic E-state index is 12.3. The minimum absolute atomic E-state index is 0.451. The van der Waals surface area contributed by atoms with Crippen molar-refractivity contribution in [2.75, 3.05) is 27.2 Å². The van der Waals surface area contributed by atoms with Crippen molar-refractivity contribution in [1.82, 2.24) is 9.62 Å². The summed E-state index contributed by atoms with van der Waals surface area (Å²) in [4.78, 5) is 2.35. The SMILES string of the molecule is CNCCCN(C)S(=O)(=O)c1cc(C)sc1C. The lowest BCUT2D eigenvalue weighted by Crippen LogP contribution is -2.29. The molecule has 0 amide bonds. The van der Waals surface area contributed by atoms with E-state index >= 15 is 0 Å². The number of thiophene rings is 1. The molecule has 0 aliphatic carbocycles. The van der Waals surface area contributed by atoms with Crippen LogP contribution in [0.3, 0.4) is 0 Å². The van der Waals surface area contributed by atoms with Crippen molar-refractivity contribution >= 4 is 21.4 Å². The van der Waals surface area contributed by atoms with Crippen molar-refractivity contribution in [1.29, 1.82) is 0 Å². The van der Waals surface area contributed by atoms with Crippen molar-refractivity contribution in [2.45, 2.75) is 25.2 Å². The normalized spacial score (nSPS) is 12.3. The van der Waals surface area contributed by atoms with E-state index < -0.39 is 10.0 Å². The number of nitrogens with one attached hydrogen (secondary N) is 1. The average molecular weight is 276 g/mol. The second-order valence-corrected chi connectivity index (χ2v) is 7.53. The topological polar surface area (TPSA) is 49.4 Å². The van der Waals surface area contributed by atoms with Gasteiger partial charge in [0.1, 0.15) is 0 Å². The molecule has 0 atom stereocenters. The van der Waals surface area contributed by atoms with Crippen LogP contribution in [0.4, 0.5) is 0 Å². The van der Waals surface area contributed by atoms with Gasteiger partial charge < -0.3 is 5.32 Å². The molecule has 0 spiro atoms. The van der Waals surface area contributed by atoms with Gasteiger partial charge in [0.2, 0.25) is 10.0 Å². The van der Waals surface area contributed by atoms with Crippen LogP contribution in [0, 0.1) is 13.8 Å². The minimum Gasteiger partial charge on any atom is -0.320 e. The highest BCUT2D eigenvalue weighted by Crippen LogP contribution is 2.27. The first-order valence-electron chi connectivity index (χ1n) is 5.57. The fourth-order valence-corrected chi connectivity index (χ4v) is 4.36. The molecule has 6 heteroatoms. The molecule has 1 N–H and O–H groups in total. The first-order valence-corrected chi connectivity index (χ1v) is 7.83. The molecule has 1 aromatic rings. The molecule has 0 bridgehead atoms. The third-order valence-electron chi connectivity index (χ3n) is 2.58. The van der Waals surface area contributed by atoms with Crippen LogP contribution in [0.25, 0.3) is 0 Å². The molecule has 0 unspecified atom stereocenters. The molecular formula is C11H20N2O2S2. The third-order valence-corrected chi connectivity index (χ3v) is 5.66. The van der Waals surface area contributed by atoms with Gasteiger partial charge in [0.15, 0.2) is 0 Å². The van der Waals surface area contributed by atoms with Crippen LogP contribution < -0.4 is 5.32 Å². The van der Waals surface area contributed by atoms with Crippen LogP contribution in [0.1, 0.15) is 16.2 Å². The fraction of sp³-hybridized carbons (Fsp3) is 0.636. The van der Waals surface area contributed by atoms with E-state index in [9.17, 15) is 8.42 Å². The summed E-state index contributed by atoms with van der Waals surface area (Å²) in [5.74, 6) is 0. The average Bonchev–Trinajstić information content (AvgIpc) is 2.58. The molecule has 0 saturated heterocycles. The van der Waals surface area contributed by atoms with Crippen molar-refractivity contribution in [3.63, 3.8) is 0 Å². The first kappa shape index (κ1) is 14.6. The summed E-state index contributed by atoms with van der Waals surface area (Å²) < 4.78 is 26.0. The van der Waals surface area contributed by atoms with Crippen LogP contribution in [0.2, 0.25) is 0 Å². The molecule has 4 nitrogen and oxygen atoms in total. The third kappa shape index (κ3) is 3.51. The largest absolute Gasteiger partial charge is 0.320 e. The van der Waals surface area contributed by atoms with Crippen molar-refractivity contribution in [3.8, 4) is 0 Å². The molecule has 0 saturated carbocycles. The Hall–Kier alpha value is -0.430. The lowest BCUT2D eigenvalue weighted by atomic mass is 10.4. The highest BCUT2D eigenvalue weighted by Gasteiger charge is 2.23. The van der Waals surface area contributed by atoms with Gasteiger partial charge in [-0.3, -0.25) is 0 Å². The van der Waals surface area contributed by atoms with Gasteiger partial charge in [-0.25, -0.2) is 12.7 Å². The van der Waals surface area contributed by atoms with E-state index in [1.165, 1.54) is 15.6 Å². The lowest BCUT2D eigenvalue weighted by Gasteiger charge is -2.16. The first-order chi connectivity index (χ1) is 7.89. The number of rotatable bonds is 6. The summed E-state index contributed by atoms with van der Waals surface area (Å²) in [6, 6.07) is 1.75. The summed E-state index contributed by atoms with van der Waals surface area (Å²) in [6.45, 7) is 5.14. The second kappa shape index (κ2) is 5.95. The molecule has 1 heterocycles. The van der Waals surface area contributed by atoms with Crippen LogP contribution >= 0.6 is 11.3 Å². The monoisotopic (exact) mass is 276 g/mol. The van der Waals surface area contributed by atoms with Crippen LogP contribution in [-0.4, -0.2) is 39.9 Å². The number of hydrogen-bond donors (Lipinski definition) is 1. The van der Waals surface area contributed by atoms with E-state index in [0.717, 1.165) is 22.7 Å². The Bertz CT molecular complexity index is 466. The van der Waals surface area contributed by atoms with Crippen molar-refractivity contribution < 1.29 is 8.42 Å². The summed E-state index contributed by atoms with van der Waals surface area (Å²) in [6.07, 6.45) is 0.814. The summed E-state index contributed by atoms with van der Waals surface area (Å²) in [7, 11) is 0.185. The number of nitrogens with zero attached hydrogens (tertiary/aromatic N) is 1. The molecule has 1 rings (SSSR count). The molecule has 0 fully saturated rings.